The van der Waals surface area contributed by atoms with Crippen molar-refractivity contribution in [2.45, 2.75) is 0 Å². The third-order valence-electron chi connectivity index (χ3n) is 25.7. The van der Waals surface area contributed by atoms with E-state index in [1.54, 1.807) is 0 Å². The van der Waals surface area contributed by atoms with Gasteiger partial charge < -0.3 is 13.7 Å². The Hall–Kier alpha value is -19.1. The molecule has 0 bridgehead atoms. The van der Waals surface area contributed by atoms with Crippen LogP contribution in [-0.4, -0.2) is 77.7 Å². The van der Waals surface area contributed by atoms with E-state index in [0.29, 0.717) is 29.1 Å². The lowest BCUT2D eigenvalue weighted by Crippen LogP contribution is -2.00. The lowest BCUT2D eigenvalue weighted by molar-refractivity contribution is 0.911. The summed E-state index contributed by atoms with van der Waals surface area (Å²) in [5, 5.41) is 19.0. The van der Waals surface area contributed by atoms with Crippen LogP contribution in [0.3, 0.4) is 0 Å². The number of aromatic nitrogens is 16. The molecule has 16 heteroatoms. The van der Waals surface area contributed by atoms with Gasteiger partial charge in [0.15, 0.2) is 29.1 Å². The van der Waals surface area contributed by atoms with Crippen LogP contribution in [0.25, 0.3) is 234 Å². The van der Waals surface area contributed by atoms with Crippen molar-refractivity contribution in [3.8, 4) is 136 Å². The van der Waals surface area contributed by atoms with Gasteiger partial charge in [0.25, 0.3) is 0 Å². The van der Waals surface area contributed by atoms with Gasteiger partial charge in [-0.25, -0.2) is 49.2 Å². The minimum Gasteiger partial charge on any atom is -0.309 e. The first-order valence-electron chi connectivity index (χ1n) is 46.0. The van der Waals surface area contributed by atoms with Crippen LogP contribution in [0.1, 0.15) is 0 Å². The van der Waals surface area contributed by atoms with Crippen molar-refractivity contribution < 1.29 is 0 Å². The van der Waals surface area contributed by atoms with Gasteiger partial charge in [0.1, 0.15) is 11.8 Å². The minimum absolute atomic E-state index is 0.632. The van der Waals surface area contributed by atoms with Crippen molar-refractivity contribution in [1.29, 1.82) is 0 Å². The lowest BCUT2D eigenvalue weighted by atomic mass is 10.1. The zero-order valence-corrected chi connectivity index (χ0v) is 74.3. The monoisotopic (exact) mass is 1770 g/mol. The normalized spacial score (nSPS) is 11.5. The molecule has 0 fully saturated rings. The molecule has 9 aromatic heterocycles. The number of fused-ring (bicyclic) bond motifs is 15. The highest BCUT2D eigenvalue weighted by Gasteiger charge is 2.25. The van der Waals surface area contributed by atoms with E-state index in [1.807, 2.05) is 204 Å². The van der Waals surface area contributed by atoms with Crippen molar-refractivity contribution in [3.05, 3.63) is 486 Å². The smallest absolute Gasteiger partial charge is 0.164 e. The molecule has 0 amide bonds. The molecule has 0 spiro atoms. The van der Waals surface area contributed by atoms with Gasteiger partial charge in [-0.15, -0.1) is 0 Å². The number of hydrogen-bond donors (Lipinski definition) is 0. The van der Waals surface area contributed by atoms with Gasteiger partial charge in [-0.05, 0) is 152 Å². The summed E-state index contributed by atoms with van der Waals surface area (Å²) in [6, 6.07) is 161. The second-order valence-electron chi connectivity index (χ2n) is 34.0. The van der Waals surface area contributed by atoms with E-state index in [4.69, 9.17) is 50.1 Å². The number of nitrogens with zero attached hydrogens (tertiary/aromatic N) is 16. The third kappa shape index (κ3) is 14.8. The first kappa shape index (κ1) is 81.0. The molecular formula is C122H80N16. The van der Waals surface area contributed by atoms with Gasteiger partial charge in [-0.1, -0.05) is 315 Å². The molecule has 0 saturated carbocycles. The number of rotatable bonds is 15. The van der Waals surface area contributed by atoms with Gasteiger partial charge in [0.05, 0.1) is 96.2 Å². The summed E-state index contributed by atoms with van der Waals surface area (Å²) in [6.45, 7) is 0. The maximum absolute atomic E-state index is 5.10. The number of hydrogen-bond acceptors (Lipinski definition) is 10. The molecule has 27 rings (SSSR count). The fourth-order valence-electron chi connectivity index (χ4n) is 19.2. The number of benzene rings is 18. The maximum atomic E-state index is 5.10. The molecule has 9 heterocycles. The van der Waals surface area contributed by atoms with Gasteiger partial charge >= 0.3 is 0 Å². The summed E-state index contributed by atoms with van der Waals surface area (Å²) in [7, 11) is 0. The Balaban J connectivity index is 0.000000110. The molecule has 18 aromatic carbocycles. The molecule has 0 radical (unpaired) electrons. The summed E-state index contributed by atoms with van der Waals surface area (Å²) < 4.78 is 13.2. The Morgan fingerprint density at radius 1 is 0.167 bits per heavy atom. The van der Waals surface area contributed by atoms with E-state index in [-0.39, 0.29) is 0 Å². The molecule has 138 heavy (non-hydrogen) atoms. The highest BCUT2D eigenvalue weighted by atomic mass is 15.3. The second-order valence-corrected chi connectivity index (χ2v) is 34.0. The largest absolute Gasteiger partial charge is 0.309 e. The van der Waals surface area contributed by atoms with Crippen LogP contribution in [-0.2, 0) is 0 Å². The molecular weight excluding hydrogens is 1690 g/mol. The highest BCUT2D eigenvalue weighted by molar-refractivity contribution is 6.21. The average molecular weight is 1770 g/mol. The Morgan fingerprint density at radius 2 is 0.457 bits per heavy atom. The minimum atomic E-state index is 0.632. The van der Waals surface area contributed by atoms with E-state index in [1.165, 1.54) is 32.3 Å². The van der Waals surface area contributed by atoms with E-state index in [0.717, 1.165) is 173 Å². The first-order valence-corrected chi connectivity index (χ1v) is 46.0. The van der Waals surface area contributed by atoms with Crippen LogP contribution in [0.15, 0.2) is 486 Å². The first-order chi connectivity index (χ1) is 68.4. The Labute approximate surface area is 792 Å². The van der Waals surface area contributed by atoms with Gasteiger partial charge in [-0.2, -0.15) is 10.2 Å². The molecule has 0 N–H and O–H groups in total. The summed E-state index contributed by atoms with van der Waals surface area (Å²) >= 11 is 0. The predicted octanol–water partition coefficient (Wildman–Crippen LogP) is 29.1. The van der Waals surface area contributed by atoms with Crippen LogP contribution in [0.5, 0.6) is 0 Å². The molecule has 27 aromatic rings. The Kier molecular flexibility index (Phi) is 20.5. The van der Waals surface area contributed by atoms with Gasteiger partial charge in [0.2, 0.25) is 0 Å². The maximum Gasteiger partial charge on any atom is 0.164 e. The second kappa shape index (κ2) is 34.9. The van der Waals surface area contributed by atoms with Gasteiger partial charge in [0, 0.05) is 116 Å². The van der Waals surface area contributed by atoms with Crippen LogP contribution < -0.4 is 0 Å². The molecule has 0 aliphatic rings. The molecule has 0 aliphatic carbocycles. The van der Waals surface area contributed by atoms with E-state index >= 15 is 0 Å². The highest BCUT2D eigenvalue weighted by Crippen LogP contribution is 2.44. The van der Waals surface area contributed by atoms with Crippen molar-refractivity contribution >= 4 is 98.3 Å². The van der Waals surface area contributed by atoms with Crippen molar-refractivity contribution in [2.24, 2.45) is 0 Å². The fourth-order valence-corrected chi connectivity index (χ4v) is 19.2. The zero-order chi connectivity index (χ0) is 91.4. The molecule has 648 valence electrons. The molecule has 0 atom stereocenters. The standard InChI is InChI=1S/2C41H27N5.C40H26N6/c1-4-13-28(14-5-1)36-26-37(44-41(43-36)29-15-6-2-7-16-29)30-17-12-20-32(25-30)45-38-22-11-10-21-33(38)34-23-24-39-35(40(34)45)27-42-46(39)31-18-8-3-9-19-31;1-4-12-28(13-5-1)35-26-36(44-41(43-35)30-14-6-2-7-15-30)29-20-22-32(23-21-29)46-37-19-11-10-18-33(37)34-24-25-38-39(40(34)46)42-27-45(38)31-16-8-3-9-17-31;1-4-12-27(13-5-1)38-42-39(28-14-6-2-7-15-28)44-40(43-38)29-20-22-30(23-21-29)45-35-19-11-10-18-32(35)33-24-25-36-34(37(33)45)26-41-46(36)31-16-8-3-9-17-31/h2*1-27H;1-26H. The van der Waals surface area contributed by atoms with Crippen molar-refractivity contribution in [1.82, 2.24) is 77.7 Å². The van der Waals surface area contributed by atoms with E-state index in [9.17, 15) is 0 Å². The third-order valence-corrected chi connectivity index (χ3v) is 25.7. The molecule has 0 saturated heterocycles. The van der Waals surface area contributed by atoms with Crippen LogP contribution in [0.4, 0.5) is 0 Å². The average Bonchev–Trinajstić information content (AvgIpc) is 1.57. The fraction of sp³-hybridized carbons (Fsp3) is 0. The number of para-hydroxylation sites is 6. The topological polar surface area (TPSA) is 158 Å². The Bertz CT molecular complexity index is 8680. The SMILES string of the molecule is c1ccc(-c2cc(-c3ccc(-n4c5ccccc5c5ccc6c(ncn6-c6ccccc6)c54)cc3)nc(-c3ccccc3)n2)cc1.c1ccc(-c2cc(-c3cccc(-n4c5ccccc5c5ccc6c(cnn6-c6ccccc6)c54)c3)nc(-c3ccccc3)n2)cc1.c1ccc(-c2nc(-c3ccccc3)nc(-c3ccc(-n4c5ccccc5c5ccc6c(cnn6-c6ccccc6)c54)cc3)n2)cc1. The van der Waals surface area contributed by atoms with E-state index < -0.39 is 0 Å². The van der Waals surface area contributed by atoms with Crippen molar-refractivity contribution in [2.75, 3.05) is 0 Å². The van der Waals surface area contributed by atoms with Crippen LogP contribution in [0, 0.1) is 0 Å². The molecule has 16 nitrogen and oxygen atoms in total. The van der Waals surface area contributed by atoms with Crippen LogP contribution in [0.2, 0.25) is 0 Å². The van der Waals surface area contributed by atoms with E-state index in [2.05, 4.69) is 309 Å². The van der Waals surface area contributed by atoms with Crippen molar-refractivity contribution in [3.63, 3.8) is 0 Å². The Morgan fingerprint density at radius 3 is 0.862 bits per heavy atom. The molecule has 0 aliphatic heterocycles. The summed E-state index contributed by atoms with van der Waals surface area (Å²) in [6.07, 6.45) is 5.90. The zero-order valence-electron chi connectivity index (χ0n) is 74.3. The predicted molar refractivity (Wildman–Crippen MR) is 560 cm³/mol. The quantitative estimate of drug-likeness (QED) is 0.0967. The summed E-state index contributed by atoms with van der Waals surface area (Å²) in [5.74, 6) is 3.34. The number of imidazole rings is 1. The summed E-state index contributed by atoms with van der Waals surface area (Å²) in [5.41, 5.74) is 29.8. The summed E-state index contributed by atoms with van der Waals surface area (Å²) in [4.78, 5) is 39.7. The lowest BCUT2D eigenvalue weighted by Gasteiger charge is -2.12. The van der Waals surface area contributed by atoms with Gasteiger partial charge in [-0.3, -0.25) is 4.57 Å². The van der Waals surface area contributed by atoms with Crippen LogP contribution >= 0.6 is 0 Å². The molecule has 0 unspecified atom stereocenters.